The van der Waals surface area contributed by atoms with Crippen LogP contribution in [0.1, 0.15) is 70.6 Å². The molecule has 7 rings (SSSR count). The zero-order valence-corrected chi connectivity index (χ0v) is 24.5. The van der Waals surface area contributed by atoms with Gasteiger partial charge in [0.05, 0.1) is 24.9 Å². The van der Waals surface area contributed by atoms with Gasteiger partial charge in [0, 0.05) is 23.9 Å². The van der Waals surface area contributed by atoms with Gasteiger partial charge < -0.3 is 30.7 Å². The van der Waals surface area contributed by atoms with Crippen molar-refractivity contribution in [2.45, 2.75) is 107 Å². The number of hydrogen-bond acceptors (Lipinski definition) is 7. The number of aliphatic hydroxyl groups excluding tert-OH is 1. The minimum atomic E-state index is -5.21. The van der Waals surface area contributed by atoms with Crippen LogP contribution < -0.4 is 16.0 Å². The number of piperidine rings is 1. The van der Waals surface area contributed by atoms with Crippen molar-refractivity contribution < 1.29 is 42.2 Å². The molecule has 242 valence electrons. The Morgan fingerprint density at radius 2 is 1.84 bits per heavy atom. The van der Waals surface area contributed by atoms with E-state index in [-0.39, 0.29) is 55.8 Å². The van der Waals surface area contributed by atoms with E-state index in [0.717, 1.165) is 6.42 Å². The van der Waals surface area contributed by atoms with E-state index >= 15 is 0 Å². The molecule has 0 radical (unpaired) electrons. The molecule has 4 N–H and O–H groups in total. The third kappa shape index (κ3) is 5.55. The van der Waals surface area contributed by atoms with Crippen molar-refractivity contribution in [3.8, 4) is 6.07 Å². The van der Waals surface area contributed by atoms with Gasteiger partial charge in [-0.25, -0.2) is 0 Å². The van der Waals surface area contributed by atoms with E-state index in [1.54, 1.807) is 0 Å². The highest BCUT2D eigenvalue weighted by atomic mass is 19.4. The molecule has 7 fully saturated rings. The molecule has 2 aliphatic heterocycles. The lowest BCUT2D eigenvalue weighted by atomic mass is 9.46. The summed E-state index contributed by atoms with van der Waals surface area (Å²) in [6, 6.07) is -1.81. The van der Waals surface area contributed by atoms with E-state index in [4.69, 9.17) is 4.74 Å². The van der Waals surface area contributed by atoms with Gasteiger partial charge in [-0.3, -0.25) is 19.2 Å². The predicted molar refractivity (Wildman–Crippen MR) is 146 cm³/mol. The second kappa shape index (κ2) is 11.5. The number of nitrogens with one attached hydrogen (secondary N) is 3. The lowest BCUT2D eigenvalue weighted by Crippen LogP contribution is -2.69. The van der Waals surface area contributed by atoms with Gasteiger partial charge in [0.2, 0.25) is 17.7 Å². The predicted octanol–water partition coefficient (Wildman–Crippen LogP) is 1.30. The van der Waals surface area contributed by atoms with Crippen LogP contribution in [-0.4, -0.2) is 89.3 Å². The third-order valence-electron chi connectivity index (χ3n) is 11.2. The van der Waals surface area contributed by atoms with Crippen molar-refractivity contribution in [3.05, 3.63) is 0 Å². The van der Waals surface area contributed by atoms with Crippen molar-refractivity contribution in [2.24, 2.45) is 29.1 Å². The highest BCUT2D eigenvalue weighted by Crippen LogP contribution is 2.64. The van der Waals surface area contributed by atoms with E-state index in [9.17, 15) is 42.7 Å². The van der Waals surface area contributed by atoms with Crippen LogP contribution in [0.25, 0.3) is 0 Å². The van der Waals surface area contributed by atoms with E-state index in [2.05, 4.69) is 16.0 Å². The lowest BCUT2D eigenvalue weighted by Gasteiger charge is -2.63. The Kier molecular flexibility index (Phi) is 8.10. The van der Waals surface area contributed by atoms with Gasteiger partial charge in [-0.1, -0.05) is 0 Å². The summed E-state index contributed by atoms with van der Waals surface area (Å²) in [6.45, 7) is 0.356. The molecule has 2 saturated heterocycles. The summed E-state index contributed by atoms with van der Waals surface area (Å²) in [5, 5.41) is 26.7. The van der Waals surface area contributed by atoms with E-state index in [1.165, 1.54) is 4.90 Å². The number of likely N-dealkylation sites (tertiary alicyclic amines) is 1. The number of aliphatic hydroxyl groups is 1. The second-order valence-corrected chi connectivity index (χ2v) is 14.1. The third-order valence-corrected chi connectivity index (χ3v) is 11.2. The summed E-state index contributed by atoms with van der Waals surface area (Å²) in [5.41, 5.74) is -1.69. The number of amides is 4. The minimum absolute atomic E-state index is 0.0732. The maximum absolute atomic E-state index is 14.6. The lowest BCUT2D eigenvalue weighted by molar-refractivity contribution is -0.209. The van der Waals surface area contributed by atoms with Crippen molar-refractivity contribution in [3.63, 3.8) is 0 Å². The zero-order chi connectivity index (χ0) is 31.4. The summed E-state index contributed by atoms with van der Waals surface area (Å²) in [6.07, 6.45) is 0.645. The molecular weight excluding hydrogens is 583 g/mol. The molecule has 7 aliphatic rings. The second-order valence-electron chi connectivity index (χ2n) is 14.1. The molecular formula is C30H40F3N5O6. The largest absolute Gasteiger partial charge is 0.471 e. The average molecular weight is 624 g/mol. The molecule has 5 saturated carbocycles. The first-order chi connectivity index (χ1) is 20.9. The number of alkyl halides is 3. The van der Waals surface area contributed by atoms with Crippen LogP contribution in [-0.2, 0) is 23.9 Å². The number of nitrogens with zero attached hydrogens (tertiary/aromatic N) is 2. The number of carbonyl (C=O) groups is 4. The Bertz CT molecular complexity index is 1220. The topological polar surface area (TPSA) is 161 Å². The quantitative estimate of drug-likeness (QED) is 0.285. The molecule has 0 aromatic carbocycles. The summed E-state index contributed by atoms with van der Waals surface area (Å²) in [4.78, 5) is 54.2. The standard InChI is InChI=1S/C30H40F3N5O6/c31-30(32,33)27(43)37-23(28-10-16-7-17(11-28)13-29(12-16,15-28)44-6-5-39)26(42)38-21-2-1-18(9-21)22(38)25(41)36-20(14-34)8-19-3-4-35-24(19)40/h16-23,39H,1-13,15H2,(H,35,40)(H,36,41)(H,37,43)/t16?,17?,18-,19-,20-,21+,22-,23+,28?,29?/m0/s1. The van der Waals surface area contributed by atoms with E-state index in [0.29, 0.717) is 57.9 Å². The monoisotopic (exact) mass is 623 g/mol. The van der Waals surface area contributed by atoms with E-state index < -0.39 is 59.0 Å². The molecule has 0 aromatic rings. The summed E-state index contributed by atoms with van der Waals surface area (Å²) >= 11 is 0. The molecule has 2 heterocycles. The number of halogens is 3. The van der Waals surface area contributed by atoms with Crippen LogP contribution in [0.15, 0.2) is 0 Å². The molecule has 0 spiro atoms. The summed E-state index contributed by atoms with van der Waals surface area (Å²) in [7, 11) is 0. The van der Waals surface area contributed by atoms with Crippen LogP contribution >= 0.6 is 0 Å². The average Bonchev–Trinajstić information content (AvgIpc) is 3.69. The number of hydrogen-bond donors (Lipinski definition) is 4. The van der Waals surface area contributed by atoms with Crippen molar-refractivity contribution >= 4 is 23.6 Å². The summed E-state index contributed by atoms with van der Waals surface area (Å²) < 4.78 is 47.2. The van der Waals surface area contributed by atoms with Crippen LogP contribution in [0.5, 0.6) is 0 Å². The zero-order valence-electron chi connectivity index (χ0n) is 24.5. The first-order valence-corrected chi connectivity index (χ1v) is 15.8. The van der Waals surface area contributed by atoms with Gasteiger partial charge >= 0.3 is 12.1 Å². The Labute approximate surface area is 253 Å². The van der Waals surface area contributed by atoms with Gasteiger partial charge in [0.1, 0.15) is 18.1 Å². The maximum Gasteiger partial charge on any atom is 0.471 e. The molecule has 2 unspecified atom stereocenters. The molecule has 4 amide bonds. The van der Waals surface area contributed by atoms with Gasteiger partial charge in [0.15, 0.2) is 0 Å². The van der Waals surface area contributed by atoms with Crippen molar-refractivity contribution in [2.75, 3.05) is 19.8 Å². The van der Waals surface area contributed by atoms with Crippen LogP contribution in [0.3, 0.4) is 0 Å². The Morgan fingerprint density at radius 3 is 2.45 bits per heavy atom. The number of nitriles is 1. The van der Waals surface area contributed by atoms with E-state index in [1.807, 2.05) is 6.07 Å². The van der Waals surface area contributed by atoms with Gasteiger partial charge in [-0.15, -0.1) is 0 Å². The Morgan fingerprint density at radius 1 is 1.11 bits per heavy atom. The molecule has 11 nitrogen and oxygen atoms in total. The molecule has 5 aliphatic carbocycles. The fourth-order valence-electron chi connectivity index (χ4n) is 10.1. The van der Waals surface area contributed by atoms with Gasteiger partial charge in [0.25, 0.3) is 0 Å². The Hall–Kier alpha value is -2.92. The first-order valence-electron chi connectivity index (χ1n) is 15.8. The first kappa shape index (κ1) is 31.1. The number of fused-ring (bicyclic) bond motifs is 2. The molecule has 8 atom stereocenters. The molecule has 0 aromatic heterocycles. The highest BCUT2D eigenvalue weighted by molar-refractivity contribution is 5.95. The van der Waals surface area contributed by atoms with Crippen LogP contribution in [0, 0.1) is 40.4 Å². The van der Waals surface area contributed by atoms with Gasteiger partial charge in [-0.2, -0.15) is 18.4 Å². The van der Waals surface area contributed by atoms with Crippen LogP contribution in [0.2, 0.25) is 0 Å². The minimum Gasteiger partial charge on any atom is -0.394 e. The number of rotatable bonds is 10. The molecule has 14 heteroatoms. The smallest absolute Gasteiger partial charge is 0.394 e. The molecule has 44 heavy (non-hydrogen) atoms. The Balaban J connectivity index is 1.28. The maximum atomic E-state index is 14.6. The summed E-state index contributed by atoms with van der Waals surface area (Å²) in [5.74, 6) is -4.08. The normalized spacial score (nSPS) is 38.2. The van der Waals surface area contributed by atoms with Gasteiger partial charge in [-0.05, 0) is 88.4 Å². The fourth-order valence-corrected chi connectivity index (χ4v) is 10.1. The SMILES string of the molecule is N#C[C@H](C[C@@H]1CCNC1=O)NC(=O)[C@@H]1[C@H]2CC[C@H](C2)N1C(=O)[C@@H](NC(=O)C(F)(F)F)C12CC3CC(CC(OCCO)(C3)C1)C2. The number of ether oxygens (including phenoxy) is 1. The highest BCUT2D eigenvalue weighted by Gasteiger charge is 2.64. The molecule has 6 bridgehead atoms. The van der Waals surface area contributed by atoms with Crippen LogP contribution in [0.4, 0.5) is 13.2 Å². The van der Waals surface area contributed by atoms with Crippen molar-refractivity contribution in [1.82, 2.24) is 20.9 Å². The number of carbonyl (C=O) groups excluding carboxylic acids is 4. The fraction of sp³-hybridized carbons (Fsp3) is 0.833. The van der Waals surface area contributed by atoms with Crippen molar-refractivity contribution in [1.29, 1.82) is 5.26 Å².